The molecule has 1 atom stereocenters. The van der Waals surface area contributed by atoms with Crippen LogP contribution in [0, 0.1) is 34.0 Å². The third-order valence-corrected chi connectivity index (χ3v) is 9.96. The molecule has 2 aromatic heterocycles. The molecule has 0 bridgehead atoms. The Hall–Kier alpha value is -7.13. The third-order valence-electron chi connectivity index (χ3n) is 9.96. The molecule has 9 rings (SSSR count). The Morgan fingerprint density at radius 1 is 0.540 bits per heavy atom. The van der Waals surface area contributed by atoms with Crippen molar-refractivity contribution in [1.82, 2.24) is 9.13 Å². The van der Waals surface area contributed by atoms with E-state index < -0.39 is 0 Å². The first-order valence-corrected chi connectivity index (χ1v) is 16.6. The fraction of sp³-hybridized carbons (Fsp3) is 0.0444. The van der Waals surface area contributed by atoms with Gasteiger partial charge in [0.2, 0.25) is 0 Å². The van der Waals surface area contributed by atoms with E-state index in [1.54, 1.807) is 0 Å². The van der Waals surface area contributed by atoms with Crippen molar-refractivity contribution in [2.45, 2.75) is 12.5 Å². The number of aromatic nitrogens is 2. The highest BCUT2D eigenvalue weighted by molar-refractivity contribution is 6.10. The van der Waals surface area contributed by atoms with Crippen molar-refractivity contribution in [3.63, 3.8) is 0 Å². The van der Waals surface area contributed by atoms with E-state index in [1.807, 2.05) is 66.7 Å². The SMILES string of the molecule is N#Cc1ccc2c(c1)c1ccccc1n2-c1ccccc1-c1ccc(C2=CCC(n3c4ccccc4c4ccc(C#N)cc43)C=C2)c(C#N)c1. The van der Waals surface area contributed by atoms with Crippen molar-refractivity contribution in [3.8, 4) is 35.0 Å². The topological polar surface area (TPSA) is 81.2 Å². The quantitative estimate of drug-likeness (QED) is 0.193. The first-order chi connectivity index (χ1) is 24.7. The van der Waals surface area contributed by atoms with Crippen molar-refractivity contribution in [3.05, 3.63) is 168 Å². The zero-order chi connectivity index (χ0) is 33.8. The maximum absolute atomic E-state index is 10.4. The van der Waals surface area contributed by atoms with Crippen LogP contribution in [0.5, 0.6) is 0 Å². The van der Waals surface area contributed by atoms with Gasteiger partial charge < -0.3 is 9.13 Å². The smallest absolute Gasteiger partial charge is 0.0998 e. The van der Waals surface area contributed by atoms with E-state index in [2.05, 4.69) is 106 Å². The van der Waals surface area contributed by atoms with Crippen molar-refractivity contribution < 1.29 is 0 Å². The summed E-state index contributed by atoms with van der Waals surface area (Å²) in [6.07, 6.45) is 7.31. The molecule has 0 saturated heterocycles. The molecule has 5 nitrogen and oxygen atoms in total. The second-order valence-electron chi connectivity index (χ2n) is 12.6. The second kappa shape index (κ2) is 11.5. The van der Waals surface area contributed by atoms with E-state index >= 15 is 0 Å². The lowest BCUT2D eigenvalue weighted by Crippen LogP contribution is -2.08. The highest BCUT2D eigenvalue weighted by Crippen LogP contribution is 2.39. The zero-order valence-electron chi connectivity index (χ0n) is 26.9. The predicted molar refractivity (Wildman–Crippen MR) is 201 cm³/mol. The summed E-state index contributed by atoms with van der Waals surface area (Å²) in [6.45, 7) is 0. The van der Waals surface area contributed by atoms with Crippen LogP contribution in [-0.4, -0.2) is 9.13 Å². The fourth-order valence-corrected chi connectivity index (χ4v) is 7.70. The number of para-hydroxylation sites is 3. The van der Waals surface area contributed by atoms with Crippen molar-refractivity contribution in [2.24, 2.45) is 0 Å². The minimum absolute atomic E-state index is 0.0715. The lowest BCUT2D eigenvalue weighted by Gasteiger charge is -2.21. The largest absolute Gasteiger partial charge is 0.333 e. The molecule has 50 heavy (non-hydrogen) atoms. The van der Waals surface area contributed by atoms with Crippen LogP contribution in [0.1, 0.15) is 34.7 Å². The molecular formula is C45H27N5. The van der Waals surface area contributed by atoms with E-state index in [0.717, 1.165) is 72.6 Å². The number of fused-ring (bicyclic) bond motifs is 6. The maximum atomic E-state index is 10.4. The number of allylic oxidation sites excluding steroid dienone is 4. The summed E-state index contributed by atoms with van der Waals surface area (Å²) in [6, 6.07) is 50.0. The van der Waals surface area contributed by atoms with Crippen LogP contribution < -0.4 is 0 Å². The normalized spacial score (nSPS) is 14.1. The van der Waals surface area contributed by atoms with Gasteiger partial charge in [-0.3, -0.25) is 0 Å². The Bertz CT molecular complexity index is 2890. The highest BCUT2D eigenvalue weighted by Gasteiger charge is 2.21. The van der Waals surface area contributed by atoms with Gasteiger partial charge in [-0.1, -0.05) is 91.0 Å². The van der Waals surface area contributed by atoms with Gasteiger partial charge in [-0.05, 0) is 77.7 Å². The predicted octanol–water partition coefficient (Wildman–Crippen LogP) is 10.8. The van der Waals surface area contributed by atoms with Crippen LogP contribution in [0.15, 0.2) is 146 Å². The molecule has 1 aliphatic carbocycles. The third kappa shape index (κ3) is 4.45. The molecule has 0 saturated carbocycles. The Morgan fingerprint density at radius 3 is 2.00 bits per heavy atom. The van der Waals surface area contributed by atoms with Crippen molar-refractivity contribution in [2.75, 3.05) is 0 Å². The lowest BCUT2D eigenvalue weighted by molar-refractivity contribution is 0.649. The highest BCUT2D eigenvalue weighted by atomic mass is 15.0. The molecule has 1 aliphatic rings. The van der Waals surface area contributed by atoms with Crippen LogP contribution in [0.4, 0.5) is 0 Å². The maximum Gasteiger partial charge on any atom is 0.0998 e. The molecule has 8 aromatic rings. The molecule has 0 fully saturated rings. The number of nitrogens with zero attached hydrogens (tertiary/aromatic N) is 5. The monoisotopic (exact) mass is 637 g/mol. The fourth-order valence-electron chi connectivity index (χ4n) is 7.70. The van der Waals surface area contributed by atoms with Crippen molar-refractivity contribution >= 4 is 49.2 Å². The first kappa shape index (κ1) is 29.0. The molecule has 5 heteroatoms. The average Bonchev–Trinajstić information content (AvgIpc) is 3.69. The van der Waals surface area contributed by atoms with Crippen LogP contribution in [0.25, 0.3) is 66.0 Å². The summed E-state index contributed by atoms with van der Waals surface area (Å²) in [5, 5.41) is 34.1. The van der Waals surface area contributed by atoms with E-state index in [0.29, 0.717) is 16.7 Å². The van der Waals surface area contributed by atoms with Gasteiger partial charge in [-0.2, -0.15) is 15.8 Å². The second-order valence-corrected chi connectivity index (χ2v) is 12.6. The Balaban J connectivity index is 1.10. The van der Waals surface area contributed by atoms with Gasteiger partial charge in [0.1, 0.15) is 0 Å². The molecule has 6 aromatic carbocycles. The minimum Gasteiger partial charge on any atom is -0.333 e. The summed E-state index contributed by atoms with van der Waals surface area (Å²) < 4.78 is 4.58. The Labute approximate surface area is 288 Å². The number of hydrogen-bond acceptors (Lipinski definition) is 3. The van der Waals surface area contributed by atoms with Crippen molar-refractivity contribution in [1.29, 1.82) is 15.8 Å². The van der Waals surface area contributed by atoms with Gasteiger partial charge in [0, 0.05) is 32.6 Å². The number of benzene rings is 6. The van der Waals surface area contributed by atoms with Crippen LogP contribution in [0.3, 0.4) is 0 Å². The standard InChI is InChI=1S/C45H27N5/c46-26-29-14-22-44-40(23-29)38-9-3-6-12-43(38)50(44)41-10-4-1-7-36(41)32-17-21-35(33(25-32)28-48)31-15-18-34(19-16-31)49-42-11-5-2-8-37(42)39-20-13-30(27-47)24-45(39)49/h1-18,20-25,34H,19H2. The summed E-state index contributed by atoms with van der Waals surface area (Å²) in [5.74, 6) is 0. The molecule has 0 N–H and O–H groups in total. The lowest BCUT2D eigenvalue weighted by atomic mass is 9.91. The molecule has 0 radical (unpaired) electrons. The molecule has 0 spiro atoms. The summed E-state index contributed by atoms with van der Waals surface area (Å²) >= 11 is 0. The molecular weight excluding hydrogens is 611 g/mol. The average molecular weight is 638 g/mol. The van der Waals surface area contributed by atoms with E-state index in [9.17, 15) is 15.8 Å². The summed E-state index contributed by atoms with van der Waals surface area (Å²) in [5.41, 5.74) is 11.0. The van der Waals surface area contributed by atoms with Crippen LogP contribution in [-0.2, 0) is 0 Å². The molecule has 0 aliphatic heterocycles. The molecule has 1 unspecified atom stereocenters. The summed E-state index contributed by atoms with van der Waals surface area (Å²) in [7, 11) is 0. The van der Waals surface area contributed by atoms with Gasteiger partial charge in [-0.25, -0.2) is 0 Å². The summed E-state index contributed by atoms with van der Waals surface area (Å²) in [4.78, 5) is 0. The zero-order valence-corrected chi connectivity index (χ0v) is 26.9. The van der Waals surface area contributed by atoms with Crippen LogP contribution >= 0.6 is 0 Å². The molecule has 2 heterocycles. The van der Waals surface area contributed by atoms with Gasteiger partial charge in [0.15, 0.2) is 0 Å². The van der Waals surface area contributed by atoms with Crippen LogP contribution in [0.2, 0.25) is 0 Å². The number of rotatable bonds is 4. The van der Waals surface area contributed by atoms with E-state index in [1.165, 1.54) is 5.39 Å². The first-order valence-electron chi connectivity index (χ1n) is 16.6. The number of hydrogen-bond donors (Lipinski definition) is 0. The van der Waals surface area contributed by atoms with Gasteiger partial charge >= 0.3 is 0 Å². The van der Waals surface area contributed by atoms with Gasteiger partial charge in [-0.15, -0.1) is 0 Å². The molecule has 232 valence electrons. The van der Waals surface area contributed by atoms with Gasteiger partial charge in [0.05, 0.1) is 63.2 Å². The Kier molecular flexibility index (Phi) is 6.70. The van der Waals surface area contributed by atoms with Gasteiger partial charge in [0.25, 0.3) is 0 Å². The van der Waals surface area contributed by atoms with E-state index in [4.69, 9.17) is 0 Å². The number of nitriles is 3. The van der Waals surface area contributed by atoms with E-state index in [-0.39, 0.29) is 6.04 Å². The Morgan fingerprint density at radius 2 is 1.22 bits per heavy atom. The minimum atomic E-state index is 0.0715. The molecule has 0 amide bonds.